The summed E-state index contributed by atoms with van der Waals surface area (Å²) in [5.41, 5.74) is 0.967. The molecule has 0 amide bonds. The Morgan fingerprint density at radius 1 is 1.37 bits per heavy atom. The molecular formula is C16H22FIO. The minimum atomic E-state index is -0.174. The third-order valence-corrected chi connectivity index (χ3v) is 4.86. The van der Waals surface area contributed by atoms with Crippen LogP contribution in [0.15, 0.2) is 24.3 Å². The molecule has 19 heavy (non-hydrogen) atoms. The smallest absolute Gasteiger partial charge is 0.123 e. The third-order valence-electron chi connectivity index (χ3n) is 4.06. The van der Waals surface area contributed by atoms with Crippen LogP contribution >= 0.6 is 22.6 Å². The molecule has 1 aliphatic carbocycles. The molecule has 1 nitrogen and oxygen atoms in total. The van der Waals surface area contributed by atoms with E-state index in [9.17, 15) is 4.39 Å². The zero-order valence-corrected chi connectivity index (χ0v) is 13.6. The second-order valence-electron chi connectivity index (χ2n) is 5.33. The van der Waals surface area contributed by atoms with Crippen LogP contribution in [-0.4, -0.2) is 10.5 Å². The second kappa shape index (κ2) is 7.58. The average Bonchev–Trinajstić information content (AvgIpc) is 2.45. The molecule has 1 aromatic carbocycles. The summed E-state index contributed by atoms with van der Waals surface area (Å²) in [5.74, 6) is 0.499. The molecule has 3 unspecified atom stereocenters. The minimum absolute atomic E-state index is 0.0217. The molecule has 3 atom stereocenters. The van der Waals surface area contributed by atoms with Crippen LogP contribution in [0.25, 0.3) is 0 Å². The fourth-order valence-corrected chi connectivity index (χ4v) is 3.66. The highest BCUT2D eigenvalue weighted by Crippen LogP contribution is 2.33. The lowest BCUT2D eigenvalue weighted by atomic mass is 9.84. The van der Waals surface area contributed by atoms with Crippen LogP contribution in [0, 0.1) is 11.7 Å². The number of benzene rings is 1. The van der Waals surface area contributed by atoms with Crippen molar-refractivity contribution in [3.63, 3.8) is 0 Å². The first-order chi connectivity index (χ1) is 9.24. The van der Waals surface area contributed by atoms with Gasteiger partial charge in [-0.3, -0.25) is 0 Å². The van der Waals surface area contributed by atoms with E-state index in [1.54, 1.807) is 12.1 Å². The lowest BCUT2D eigenvalue weighted by molar-refractivity contribution is -0.0518. The number of hydrogen-bond acceptors (Lipinski definition) is 1. The quantitative estimate of drug-likeness (QED) is 0.501. The number of alkyl halides is 1. The van der Waals surface area contributed by atoms with E-state index in [0.717, 1.165) is 16.4 Å². The SMILES string of the molecule is CCC1CCCCC1OC(CI)c1cccc(F)c1. The van der Waals surface area contributed by atoms with Crippen molar-refractivity contribution >= 4 is 22.6 Å². The predicted molar refractivity (Wildman–Crippen MR) is 85.2 cm³/mol. The Morgan fingerprint density at radius 3 is 2.84 bits per heavy atom. The van der Waals surface area contributed by atoms with Gasteiger partial charge in [-0.15, -0.1) is 0 Å². The van der Waals surface area contributed by atoms with Crippen molar-refractivity contribution in [2.24, 2.45) is 5.92 Å². The van der Waals surface area contributed by atoms with Crippen LogP contribution in [0.4, 0.5) is 4.39 Å². The number of halogens is 2. The summed E-state index contributed by atoms with van der Waals surface area (Å²) in [4.78, 5) is 0. The van der Waals surface area contributed by atoms with E-state index in [1.807, 2.05) is 6.07 Å². The van der Waals surface area contributed by atoms with Crippen LogP contribution < -0.4 is 0 Å². The van der Waals surface area contributed by atoms with Crippen LogP contribution in [0.3, 0.4) is 0 Å². The maximum absolute atomic E-state index is 13.3. The maximum Gasteiger partial charge on any atom is 0.123 e. The van der Waals surface area contributed by atoms with Crippen LogP contribution in [-0.2, 0) is 4.74 Å². The summed E-state index contributed by atoms with van der Waals surface area (Å²) in [5, 5.41) is 0. The Kier molecular flexibility index (Phi) is 6.07. The Balaban J connectivity index is 2.05. The molecule has 0 saturated heterocycles. The van der Waals surface area contributed by atoms with Gasteiger partial charge in [0.1, 0.15) is 5.82 Å². The number of ether oxygens (including phenoxy) is 1. The van der Waals surface area contributed by atoms with Crippen molar-refractivity contribution < 1.29 is 9.13 Å². The van der Waals surface area contributed by atoms with E-state index in [2.05, 4.69) is 29.5 Å². The van der Waals surface area contributed by atoms with Crippen molar-refractivity contribution in [3.8, 4) is 0 Å². The van der Waals surface area contributed by atoms with Crippen molar-refractivity contribution in [1.82, 2.24) is 0 Å². The first-order valence-electron chi connectivity index (χ1n) is 7.21. The first-order valence-corrected chi connectivity index (χ1v) is 8.74. The molecule has 0 spiro atoms. The average molecular weight is 376 g/mol. The Labute approximate surface area is 129 Å². The molecule has 3 heteroatoms. The summed E-state index contributed by atoms with van der Waals surface area (Å²) >= 11 is 2.33. The van der Waals surface area contributed by atoms with E-state index in [4.69, 9.17) is 4.74 Å². The monoisotopic (exact) mass is 376 g/mol. The molecule has 1 aromatic rings. The summed E-state index contributed by atoms with van der Waals surface area (Å²) in [6.45, 7) is 2.24. The highest BCUT2D eigenvalue weighted by Gasteiger charge is 2.27. The molecular weight excluding hydrogens is 354 g/mol. The summed E-state index contributed by atoms with van der Waals surface area (Å²) in [7, 11) is 0. The maximum atomic E-state index is 13.3. The van der Waals surface area contributed by atoms with Gasteiger partial charge in [-0.1, -0.05) is 60.9 Å². The standard InChI is InChI=1S/C16H22FIO/c1-2-12-6-3-4-9-15(12)19-16(11-18)13-7-5-8-14(17)10-13/h5,7-8,10,12,15-16H,2-4,6,9,11H2,1H3. The molecule has 2 rings (SSSR count). The molecule has 0 aromatic heterocycles. The molecule has 0 aliphatic heterocycles. The fourth-order valence-electron chi connectivity index (χ4n) is 2.94. The van der Waals surface area contributed by atoms with Crippen LogP contribution in [0.2, 0.25) is 0 Å². The zero-order chi connectivity index (χ0) is 13.7. The largest absolute Gasteiger partial charge is 0.369 e. The first kappa shape index (κ1) is 15.2. The number of rotatable bonds is 5. The van der Waals surface area contributed by atoms with E-state index >= 15 is 0 Å². The van der Waals surface area contributed by atoms with Gasteiger partial charge < -0.3 is 4.74 Å². The molecule has 106 valence electrons. The lowest BCUT2D eigenvalue weighted by Gasteiger charge is -2.33. The molecule has 1 aliphatic rings. The summed E-state index contributed by atoms with van der Waals surface area (Å²) in [6, 6.07) is 6.83. The third kappa shape index (κ3) is 4.15. The van der Waals surface area contributed by atoms with Gasteiger partial charge in [0.15, 0.2) is 0 Å². The second-order valence-corrected chi connectivity index (χ2v) is 6.21. The molecule has 0 N–H and O–H groups in total. The van der Waals surface area contributed by atoms with Gasteiger partial charge in [-0.2, -0.15) is 0 Å². The molecule has 0 heterocycles. The lowest BCUT2D eigenvalue weighted by Crippen LogP contribution is -2.29. The molecule has 1 fully saturated rings. The van der Waals surface area contributed by atoms with E-state index < -0.39 is 0 Å². The molecule has 0 radical (unpaired) electrons. The van der Waals surface area contributed by atoms with Gasteiger partial charge in [0, 0.05) is 4.43 Å². The van der Waals surface area contributed by atoms with Gasteiger partial charge in [0.25, 0.3) is 0 Å². The predicted octanol–water partition coefficient (Wildman–Crippen LogP) is 5.29. The highest BCUT2D eigenvalue weighted by molar-refractivity contribution is 14.1. The minimum Gasteiger partial charge on any atom is -0.369 e. The van der Waals surface area contributed by atoms with Crippen molar-refractivity contribution in [2.75, 3.05) is 4.43 Å². The van der Waals surface area contributed by atoms with E-state index in [-0.39, 0.29) is 11.9 Å². The normalized spacial score (nSPS) is 25.2. The fraction of sp³-hybridized carbons (Fsp3) is 0.625. The Morgan fingerprint density at radius 2 is 2.16 bits per heavy atom. The number of hydrogen-bond donors (Lipinski definition) is 0. The van der Waals surface area contributed by atoms with Gasteiger partial charge in [0.05, 0.1) is 12.2 Å². The van der Waals surface area contributed by atoms with Gasteiger partial charge in [-0.05, 0) is 36.5 Å². The summed E-state index contributed by atoms with van der Waals surface area (Å²) < 4.78 is 20.5. The van der Waals surface area contributed by atoms with Gasteiger partial charge in [-0.25, -0.2) is 4.39 Å². The van der Waals surface area contributed by atoms with Crippen LogP contribution in [0.1, 0.15) is 50.7 Å². The van der Waals surface area contributed by atoms with Gasteiger partial charge >= 0.3 is 0 Å². The Hall–Kier alpha value is -0.160. The molecule has 0 bridgehead atoms. The van der Waals surface area contributed by atoms with Gasteiger partial charge in [0.2, 0.25) is 0 Å². The van der Waals surface area contributed by atoms with Crippen LogP contribution in [0.5, 0.6) is 0 Å². The highest BCUT2D eigenvalue weighted by atomic mass is 127. The van der Waals surface area contributed by atoms with Crippen molar-refractivity contribution in [2.45, 2.75) is 51.2 Å². The molecule has 1 saturated carbocycles. The van der Waals surface area contributed by atoms with E-state index in [0.29, 0.717) is 12.0 Å². The van der Waals surface area contributed by atoms with Crippen molar-refractivity contribution in [3.05, 3.63) is 35.6 Å². The topological polar surface area (TPSA) is 9.23 Å². The van der Waals surface area contributed by atoms with Crippen molar-refractivity contribution in [1.29, 1.82) is 0 Å². The zero-order valence-electron chi connectivity index (χ0n) is 11.4. The Bertz CT molecular complexity index is 396. The summed E-state index contributed by atoms with van der Waals surface area (Å²) in [6.07, 6.45) is 6.57. The van der Waals surface area contributed by atoms with E-state index in [1.165, 1.54) is 31.7 Å².